The lowest BCUT2D eigenvalue weighted by molar-refractivity contribution is -0.123. The number of nitrogens with zero attached hydrogens (tertiary/aromatic N) is 1. The molecule has 0 aromatic heterocycles. The molecule has 0 saturated carbocycles. The third kappa shape index (κ3) is 4.14. The first kappa shape index (κ1) is 17.8. The fraction of sp³-hybridized carbons (Fsp3) is 0.300. The van der Waals surface area contributed by atoms with Crippen molar-refractivity contribution in [1.29, 1.82) is 0 Å². The Balaban J connectivity index is 1.53. The van der Waals surface area contributed by atoms with Crippen LogP contribution in [0.3, 0.4) is 0 Å². The number of hydrogen-bond donors (Lipinski definition) is 1. The molecule has 1 N–H and O–H groups in total. The monoisotopic (exact) mass is 354 g/mol. The van der Waals surface area contributed by atoms with E-state index in [0.717, 1.165) is 17.0 Å². The molecule has 1 aliphatic rings. The summed E-state index contributed by atoms with van der Waals surface area (Å²) in [4.78, 5) is 26.1. The first-order valence-corrected chi connectivity index (χ1v) is 8.49. The van der Waals surface area contributed by atoms with Gasteiger partial charge in [-0.1, -0.05) is 18.2 Å². The summed E-state index contributed by atoms with van der Waals surface area (Å²) < 4.78 is 10.7. The maximum atomic E-state index is 12.3. The summed E-state index contributed by atoms with van der Waals surface area (Å²) in [6, 6.07) is 14.6. The molecule has 1 fully saturated rings. The summed E-state index contributed by atoms with van der Waals surface area (Å²) in [5, 5.41) is 2.87. The molecule has 0 spiro atoms. The minimum Gasteiger partial charge on any atom is -0.497 e. The van der Waals surface area contributed by atoms with Gasteiger partial charge in [-0.3, -0.25) is 9.59 Å². The Labute approximate surface area is 152 Å². The van der Waals surface area contributed by atoms with Crippen LogP contribution in [0.15, 0.2) is 48.5 Å². The minimum absolute atomic E-state index is 0.0136. The second-order valence-electron chi connectivity index (χ2n) is 6.23. The van der Waals surface area contributed by atoms with E-state index in [1.807, 2.05) is 55.5 Å². The first-order valence-electron chi connectivity index (χ1n) is 8.49. The molecule has 2 amide bonds. The Bertz CT molecular complexity index is 789. The molecule has 1 heterocycles. The van der Waals surface area contributed by atoms with Gasteiger partial charge in [-0.2, -0.15) is 0 Å². The van der Waals surface area contributed by atoms with E-state index in [-0.39, 0.29) is 30.9 Å². The summed E-state index contributed by atoms with van der Waals surface area (Å²) >= 11 is 0. The molecule has 6 nitrogen and oxygen atoms in total. The predicted octanol–water partition coefficient (Wildman–Crippen LogP) is 2.30. The maximum Gasteiger partial charge on any atom is 0.258 e. The van der Waals surface area contributed by atoms with Crippen molar-refractivity contribution in [3.8, 4) is 11.5 Å². The fourth-order valence-corrected chi connectivity index (χ4v) is 2.95. The predicted molar refractivity (Wildman–Crippen MR) is 98.6 cm³/mol. The normalized spacial score (nSPS) is 16.5. The highest BCUT2D eigenvalue weighted by atomic mass is 16.5. The van der Waals surface area contributed by atoms with E-state index in [1.54, 1.807) is 12.0 Å². The fourth-order valence-electron chi connectivity index (χ4n) is 2.95. The van der Waals surface area contributed by atoms with Crippen molar-refractivity contribution < 1.29 is 19.1 Å². The lowest BCUT2D eigenvalue weighted by atomic mass is 10.2. The molecule has 0 bridgehead atoms. The van der Waals surface area contributed by atoms with E-state index < -0.39 is 0 Å². The van der Waals surface area contributed by atoms with Crippen molar-refractivity contribution in [1.82, 2.24) is 5.32 Å². The summed E-state index contributed by atoms with van der Waals surface area (Å²) in [6.45, 7) is 2.30. The molecule has 26 heavy (non-hydrogen) atoms. The van der Waals surface area contributed by atoms with Gasteiger partial charge < -0.3 is 19.7 Å². The van der Waals surface area contributed by atoms with Crippen LogP contribution < -0.4 is 19.7 Å². The van der Waals surface area contributed by atoms with E-state index in [0.29, 0.717) is 12.3 Å². The maximum absolute atomic E-state index is 12.3. The quantitative estimate of drug-likeness (QED) is 0.864. The van der Waals surface area contributed by atoms with Crippen molar-refractivity contribution in [2.45, 2.75) is 19.4 Å². The summed E-state index contributed by atoms with van der Waals surface area (Å²) in [7, 11) is 1.60. The number of aryl methyl sites for hydroxylation is 1. The van der Waals surface area contributed by atoms with Gasteiger partial charge in [-0.25, -0.2) is 0 Å². The third-order valence-corrected chi connectivity index (χ3v) is 4.33. The van der Waals surface area contributed by atoms with E-state index >= 15 is 0 Å². The van der Waals surface area contributed by atoms with Gasteiger partial charge in [-0.15, -0.1) is 0 Å². The van der Waals surface area contributed by atoms with Gasteiger partial charge in [0.25, 0.3) is 5.91 Å². The standard InChI is InChI=1S/C20H22N2O4/c1-14-5-3-4-6-18(14)26-13-19(23)21-15-11-20(24)22(12-15)16-7-9-17(25-2)10-8-16/h3-10,15H,11-13H2,1-2H3,(H,21,23). The number of anilines is 1. The smallest absolute Gasteiger partial charge is 0.258 e. The Morgan fingerprint density at radius 3 is 2.62 bits per heavy atom. The van der Waals surface area contributed by atoms with Crippen LogP contribution >= 0.6 is 0 Å². The highest BCUT2D eigenvalue weighted by Crippen LogP contribution is 2.24. The zero-order chi connectivity index (χ0) is 18.5. The highest BCUT2D eigenvalue weighted by molar-refractivity contribution is 5.97. The van der Waals surface area contributed by atoms with Gasteiger partial charge >= 0.3 is 0 Å². The molecule has 136 valence electrons. The molecule has 2 aromatic rings. The van der Waals surface area contributed by atoms with Crippen LogP contribution in [-0.2, 0) is 9.59 Å². The number of para-hydroxylation sites is 1. The van der Waals surface area contributed by atoms with Gasteiger partial charge in [-0.05, 0) is 42.8 Å². The number of hydrogen-bond acceptors (Lipinski definition) is 4. The number of methoxy groups -OCH3 is 1. The van der Waals surface area contributed by atoms with Gasteiger partial charge in [0.2, 0.25) is 5.91 Å². The molecule has 0 aliphatic carbocycles. The van der Waals surface area contributed by atoms with Gasteiger partial charge in [0.05, 0.1) is 13.2 Å². The number of nitrogens with one attached hydrogen (secondary N) is 1. The van der Waals surface area contributed by atoms with Crippen molar-refractivity contribution in [2.24, 2.45) is 0 Å². The topological polar surface area (TPSA) is 67.9 Å². The van der Waals surface area contributed by atoms with E-state index in [4.69, 9.17) is 9.47 Å². The molecule has 1 aliphatic heterocycles. The molecule has 6 heteroatoms. The second-order valence-corrected chi connectivity index (χ2v) is 6.23. The summed E-state index contributed by atoms with van der Waals surface area (Å²) in [6.07, 6.45) is 0.280. The van der Waals surface area contributed by atoms with Gasteiger partial charge in [0, 0.05) is 18.7 Å². The van der Waals surface area contributed by atoms with Crippen molar-refractivity contribution in [3.05, 3.63) is 54.1 Å². The molecule has 3 rings (SSSR count). The Morgan fingerprint density at radius 2 is 1.92 bits per heavy atom. The second kappa shape index (κ2) is 7.91. The Morgan fingerprint density at radius 1 is 1.19 bits per heavy atom. The molecular formula is C20H22N2O4. The number of ether oxygens (including phenoxy) is 2. The average molecular weight is 354 g/mol. The molecule has 0 radical (unpaired) electrons. The molecule has 1 saturated heterocycles. The van der Waals surface area contributed by atoms with Crippen molar-refractivity contribution in [3.63, 3.8) is 0 Å². The Kier molecular flexibility index (Phi) is 5.41. The Hall–Kier alpha value is -3.02. The van der Waals surface area contributed by atoms with Crippen LogP contribution in [0.25, 0.3) is 0 Å². The lowest BCUT2D eigenvalue weighted by Crippen LogP contribution is -2.39. The SMILES string of the molecule is COc1ccc(N2CC(NC(=O)COc3ccccc3C)CC2=O)cc1. The van der Waals surface area contributed by atoms with Crippen LogP contribution in [-0.4, -0.2) is 38.1 Å². The average Bonchev–Trinajstić information content (AvgIpc) is 3.01. The number of carbonyl (C=O) groups excluding carboxylic acids is 2. The number of carbonyl (C=O) groups is 2. The van der Waals surface area contributed by atoms with Crippen molar-refractivity contribution >= 4 is 17.5 Å². The van der Waals surface area contributed by atoms with Gasteiger partial charge in [0.1, 0.15) is 11.5 Å². The van der Waals surface area contributed by atoms with Crippen molar-refractivity contribution in [2.75, 3.05) is 25.2 Å². The van der Waals surface area contributed by atoms with Gasteiger partial charge in [0.15, 0.2) is 6.61 Å². The molecule has 1 atom stereocenters. The number of benzene rings is 2. The summed E-state index contributed by atoms with van der Waals surface area (Å²) in [5.74, 6) is 1.17. The first-order chi connectivity index (χ1) is 12.6. The van der Waals surface area contributed by atoms with Crippen LogP contribution in [0.4, 0.5) is 5.69 Å². The minimum atomic E-state index is -0.234. The molecular weight excluding hydrogens is 332 g/mol. The lowest BCUT2D eigenvalue weighted by Gasteiger charge is -2.17. The highest BCUT2D eigenvalue weighted by Gasteiger charge is 2.31. The van der Waals surface area contributed by atoms with E-state index in [2.05, 4.69) is 5.32 Å². The van der Waals surface area contributed by atoms with E-state index in [1.165, 1.54) is 0 Å². The summed E-state index contributed by atoms with van der Waals surface area (Å²) in [5.41, 5.74) is 1.77. The zero-order valence-electron chi connectivity index (χ0n) is 14.9. The zero-order valence-corrected chi connectivity index (χ0v) is 14.9. The van der Waals surface area contributed by atoms with Crippen LogP contribution in [0, 0.1) is 6.92 Å². The van der Waals surface area contributed by atoms with E-state index in [9.17, 15) is 9.59 Å². The number of amides is 2. The van der Waals surface area contributed by atoms with Crippen LogP contribution in [0.2, 0.25) is 0 Å². The largest absolute Gasteiger partial charge is 0.497 e. The molecule has 2 aromatic carbocycles. The number of rotatable bonds is 6. The third-order valence-electron chi connectivity index (χ3n) is 4.33. The molecule has 1 unspecified atom stereocenters. The van der Waals surface area contributed by atoms with Crippen LogP contribution in [0.1, 0.15) is 12.0 Å². The van der Waals surface area contributed by atoms with Crippen LogP contribution in [0.5, 0.6) is 11.5 Å².